The van der Waals surface area contributed by atoms with E-state index in [4.69, 9.17) is 5.26 Å². The average Bonchev–Trinajstić information content (AvgIpc) is 2.08. The third-order valence-corrected chi connectivity index (χ3v) is 1.37. The molecule has 0 saturated carbocycles. The highest BCUT2D eigenvalue weighted by molar-refractivity contribution is 5.28. The highest BCUT2D eigenvalue weighted by Gasteiger charge is 2.32. The van der Waals surface area contributed by atoms with Crippen molar-refractivity contribution in [3.8, 4) is 11.9 Å². The molecule has 0 N–H and O–H groups in total. The van der Waals surface area contributed by atoms with Crippen LogP contribution in [0.2, 0.25) is 0 Å². The summed E-state index contributed by atoms with van der Waals surface area (Å²) in [6.07, 6.45) is -4.73. The highest BCUT2D eigenvalue weighted by Crippen LogP contribution is 2.24. The molecular weight excluding hydrogens is 216 g/mol. The Morgan fingerprint density at radius 1 is 1.47 bits per heavy atom. The summed E-state index contributed by atoms with van der Waals surface area (Å²) in [4.78, 5) is 3.11. The summed E-state index contributed by atoms with van der Waals surface area (Å²) < 4.78 is 51.6. The molecule has 1 rings (SSSR count). The van der Waals surface area contributed by atoms with Gasteiger partial charge in [-0.1, -0.05) is 0 Å². The van der Waals surface area contributed by atoms with Crippen LogP contribution in [0.5, 0.6) is 5.88 Å². The molecule has 0 spiro atoms. The lowest BCUT2D eigenvalue weighted by Crippen LogP contribution is -2.19. The van der Waals surface area contributed by atoms with E-state index in [1.807, 2.05) is 0 Å². The van der Waals surface area contributed by atoms with Gasteiger partial charge in [-0.3, -0.25) is 0 Å². The maximum atomic E-state index is 12.6. The fraction of sp³-hybridized carbons (Fsp3) is 0.250. The largest absolute Gasteiger partial charge is 0.574 e. The number of aromatic nitrogens is 1. The first kappa shape index (κ1) is 11.2. The second-order valence-corrected chi connectivity index (χ2v) is 2.50. The van der Waals surface area contributed by atoms with Crippen molar-refractivity contribution in [2.75, 3.05) is 0 Å². The van der Waals surface area contributed by atoms with Crippen molar-refractivity contribution < 1.29 is 22.3 Å². The van der Waals surface area contributed by atoms with Gasteiger partial charge in [0.1, 0.15) is 5.82 Å². The number of rotatable bonds is 2. The van der Waals surface area contributed by atoms with Crippen molar-refractivity contribution in [2.45, 2.75) is 12.8 Å². The zero-order valence-corrected chi connectivity index (χ0v) is 7.18. The van der Waals surface area contributed by atoms with Crippen LogP contribution in [0.4, 0.5) is 17.6 Å². The molecule has 1 aromatic rings. The quantitative estimate of drug-likeness (QED) is 0.717. The van der Waals surface area contributed by atoms with E-state index in [1.165, 1.54) is 0 Å². The third kappa shape index (κ3) is 3.42. The van der Waals surface area contributed by atoms with Gasteiger partial charge in [-0.15, -0.1) is 13.2 Å². The van der Waals surface area contributed by atoms with E-state index in [-0.39, 0.29) is 5.56 Å². The van der Waals surface area contributed by atoms with E-state index in [0.29, 0.717) is 6.20 Å². The van der Waals surface area contributed by atoms with Crippen LogP contribution in [0.25, 0.3) is 0 Å². The molecule has 0 saturated heterocycles. The molecule has 0 radical (unpaired) electrons. The molecule has 0 aromatic carbocycles. The number of alkyl halides is 3. The van der Waals surface area contributed by atoms with E-state index in [1.54, 1.807) is 6.07 Å². The Labute approximate surface area is 81.9 Å². The van der Waals surface area contributed by atoms with Gasteiger partial charge in [0.05, 0.1) is 18.7 Å². The van der Waals surface area contributed by atoms with Crippen LogP contribution in [0, 0.1) is 17.1 Å². The topological polar surface area (TPSA) is 45.9 Å². The Balaban J connectivity index is 3.02. The summed E-state index contributed by atoms with van der Waals surface area (Å²) in [5, 5.41) is 8.30. The molecule has 0 amide bonds. The summed E-state index contributed by atoms with van der Waals surface area (Å²) in [5.41, 5.74) is -0.241. The second-order valence-electron chi connectivity index (χ2n) is 2.50. The summed E-state index contributed by atoms with van der Waals surface area (Å²) in [5.74, 6) is -1.62. The van der Waals surface area contributed by atoms with Crippen LogP contribution >= 0.6 is 0 Å². The van der Waals surface area contributed by atoms with Crippen LogP contribution in [0.15, 0.2) is 12.3 Å². The van der Waals surface area contributed by atoms with Gasteiger partial charge < -0.3 is 4.74 Å². The maximum Gasteiger partial charge on any atom is 0.574 e. The lowest BCUT2D eigenvalue weighted by Gasteiger charge is -2.10. The van der Waals surface area contributed by atoms with Crippen LogP contribution in [0.1, 0.15) is 5.56 Å². The van der Waals surface area contributed by atoms with Gasteiger partial charge in [0.25, 0.3) is 0 Å². The minimum absolute atomic E-state index is 0.241. The summed E-state index contributed by atoms with van der Waals surface area (Å²) in [6, 6.07) is 2.36. The molecule has 0 aliphatic carbocycles. The van der Waals surface area contributed by atoms with E-state index in [0.717, 1.165) is 6.07 Å². The zero-order chi connectivity index (χ0) is 11.5. The number of hydrogen-bond donors (Lipinski definition) is 0. The van der Waals surface area contributed by atoms with Crippen molar-refractivity contribution in [1.82, 2.24) is 4.98 Å². The van der Waals surface area contributed by atoms with Crippen molar-refractivity contribution in [2.24, 2.45) is 0 Å². The normalized spacial score (nSPS) is 10.9. The van der Waals surface area contributed by atoms with Crippen molar-refractivity contribution in [3.05, 3.63) is 23.6 Å². The minimum atomic E-state index is -4.91. The fourth-order valence-corrected chi connectivity index (χ4v) is 0.882. The Bertz CT molecular complexity index is 397. The van der Waals surface area contributed by atoms with E-state index >= 15 is 0 Å². The fourth-order valence-electron chi connectivity index (χ4n) is 0.882. The Hall–Kier alpha value is -1.84. The zero-order valence-electron chi connectivity index (χ0n) is 7.18. The summed E-state index contributed by atoms with van der Waals surface area (Å²) >= 11 is 0. The van der Waals surface area contributed by atoms with Crippen molar-refractivity contribution >= 4 is 0 Å². The maximum absolute atomic E-state index is 12.6. The lowest BCUT2D eigenvalue weighted by atomic mass is 10.2. The molecule has 1 heterocycles. The van der Waals surface area contributed by atoms with E-state index < -0.39 is 24.5 Å². The molecule has 0 aliphatic heterocycles. The number of nitriles is 1. The second kappa shape index (κ2) is 4.13. The first-order valence-corrected chi connectivity index (χ1v) is 3.69. The van der Waals surface area contributed by atoms with Crippen LogP contribution < -0.4 is 4.74 Å². The molecule has 80 valence electrons. The average molecular weight is 220 g/mol. The van der Waals surface area contributed by atoms with E-state index in [9.17, 15) is 17.6 Å². The number of hydrogen-bond acceptors (Lipinski definition) is 3. The van der Waals surface area contributed by atoms with Gasteiger partial charge in [-0.05, 0) is 6.07 Å². The number of ether oxygens (including phenoxy) is 1. The molecule has 0 bridgehead atoms. The number of pyridine rings is 1. The molecule has 0 unspecified atom stereocenters. The predicted molar refractivity (Wildman–Crippen MR) is 40.2 cm³/mol. The SMILES string of the molecule is N#CCc1cc(F)cnc1OC(F)(F)F. The van der Waals surface area contributed by atoms with Crippen LogP contribution in [0.3, 0.4) is 0 Å². The summed E-state index contributed by atoms with van der Waals surface area (Å²) in [6.45, 7) is 0. The number of halogens is 4. The van der Waals surface area contributed by atoms with Gasteiger partial charge >= 0.3 is 6.36 Å². The molecule has 0 fully saturated rings. The van der Waals surface area contributed by atoms with Crippen molar-refractivity contribution in [3.63, 3.8) is 0 Å². The van der Waals surface area contributed by atoms with Gasteiger partial charge in [-0.25, -0.2) is 9.37 Å². The van der Waals surface area contributed by atoms with Gasteiger partial charge in [0.15, 0.2) is 0 Å². The van der Waals surface area contributed by atoms with Crippen LogP contribution in [-0.4, -0.2) is 11.3 Å². The Kier molecular flexibility index (Phi) is 3.09. The Morgan fingerprint density at radius 2 is 2.13 bits per heavy atom. The standard InChI is InChI=1S/C8H4F4N2O/c9-6-3-5(1-2-13)7(14-4-6)15-8(10,11)12/h3-4H,1H2. The molecule has 7 heteroatoms. The molecule has 0 atom stereocenters. The first-order chi connectivity index (χ1) is 6.92. The Morgan fingerprint density at radius 3 is 2.67 bits per heavy atom. The van der Waals surface area contributed by atoms with Crippen LogP contribution in [-0.2, 0) is 6.42 Å². The van der Waals surface area contributed by atoms with Gasteiger partial charge in [0.2, 0.25) is 5.88 Å². The number of nitrogens with zero attached hydrogens (tertiary/aromatic N) is 2. The monoisotopic (exact) mass is 220 g/mol. The predicted octanol–water partition coefficient (Wildman–Crippen LogP) is 2.19. The molecule has 1 aromatic heterocycles. The first-order valence-electron chi connectivity index (χ1n) is 3.69. The smallest absolute Gasteiger partial charge is 0.388 e. The highest BCUT2D eigenvalue weighted by atomic mass is 19.4. The minimum Gasteiger partial charge on any atom is -0.388 e. The lowest BCUT2D eigenvalue weighted by molar-refractivity contribution is -0.276. The van der Waals surface area contributed by atoms with Gasteiger partial charge in [-0.2, -0.15) is 5.26 Å². The molecule has 15 heavy (non-hydrogen) atoms. The van der Waals surface area contributed by atoms with Gasteiger partial charge in [0, 0.05) is 5.56 Å². The molecular formula is C8H4F4N2O. The van der Waals surface area contributed by atoms with E-state index in [2.05, 4.69) is 9.72 Å². The third-order valence-electron chi connectivity index (χ3n) is 1.37. The summed E-state index contributed by atoms with van der Waals surface area (Å²) in [7, 11) is 0. The molecule has 3 nitrogen and oxygen atoms in total. The molecule has 0 aliphatic rings. The van der Waals surface area contributed by atoms with Crippen molar-refractivity contribution in [1.29, 1.82) is 5.26 Å².